The normalized spacial score (nSPS) is 10.2. The largest absolute Gasteiger partial charge is 0.495 e. The van der Waals surface area contributed by atoms with Gasteiger partial charge in [-0.25, -0.2) is 4.39 Å². The molecule has 0 unspecified atom stereocenters. The van der Waals surface area contributed by atoms with Gasteiger partial charge < -0.3 is 15.8 Å². The third-order valence-electron chi connectivity index (χ3n) is 2.69. The Balaban J connectivity index is 2.38. The van der Waals surface area contributed by atoms with Gasteiger partial charge in [-0.2, -0.15) is 0 Å². The number of ether oxygens (including phenoxy) is 1. The zero-order chi connectivity index (χ0) is 14.7. The number of anilines is 2. The lowest BCUT2D eigenvalue weighted by Gasteiger charge is -2.13. The molecule has 2 rings (SSSR count). The van der Waals surface area contributed by atoms with Gasteiger partial charge in [-0.05, 0) is 30.3 Å². The van der Waals surface area contributed by atoms with E-state index in [1.807, 2.05) is 0 Å². The lowest BCUT2D eigenvalue weighted by molar-refractivity contribution is 0.415. The Labute approximate surface area is 126 Å². The fourth-order valence-electron chi connectivity index (χ4n) is 1.78. The summed E-state index contributed by atoms with van der Waals surface area (Å²) in [5.41, 5.74) is 6.89. The predicted molar refractivity (Wildman–Crippen MR) is 83.6 cm³/mol. The summed E-state index contributed by atoms with van der Waals surface area (Å²) in [4.78, 5) is -0.00907. The van der Waals surface area contributed by atoms with Crippen molar-refractivity contribution < 1.29 is 9.13 Å². The molecule has 0 heterocycles. The summed E-state index contributed by atoms with van der Waals surface area (Å²) in [7, 11) is 1.53. The number of methoxy groups -OCH3 is 1. The van der Waals surface area contributed by atoms with Gasteiger partial charge >= 0.3 is 0 Å². The van der Waals surface area contributed by atoms with Crippen LogP contribution in [-0.2, 0) is 0 Å². The lowest BCUT2D eigenvalue weighted by atomic mass is 10.1. The molecule has 0 amide bonds. The van der Waals surface area contributed by atoms with Gasteiger partial charge in [0, 0.05) is 5.69 Å². The minimum atomic E-state index is -0.470. The fourth-order valence-corrected chi connectivity index (χ4v) is 2.24. The Hall–Kier alpha value is -1.85. The zero-order valence-electron chi connectivity index (χ0n) is 10.6. The second-order valence-electron chi connectivity index (χ2n) is 4.00. The SMILES string of the molecule is COc1ccc(Nc2cccc(F)c2C(N)=S)cc1Cl. The quantitative estimate of drug-likeness (QED) is 0.842. The molecule has 0 spiro atoms. The minimum Gasteiger partial charge on any atom is -0.495 e. The maximum atomic E-state index is 13.7. The minimum absolute atomic E-state index is 0.00907. The van der Waals surface area contributed by atoms with E-state index >= 15 is 0 Å². The molecule has 0 radical (unpaired) electrons. The molecule has 0 fully saturated rings. The second-order valence-corrected chi connectivity index (χ2v) is 4.85. The number of thiocarbonyl (C=S) groups is 1. The van der Waals surface area contributed by atoms with Gasteiger partial charge in [0.2, 0.25) is 0 Å². The van der Waals surface area contributed by atoms with Crippen molar-refractivity contribution in [1.82, 2.24) is 0 Å². The highest BCUT2D eigenvalue weighted by atomic mass is 35.5. The van der Waals surface area contributed by atoms with Crippen LogP contribution in [0.5, 0.6) is 5.75 Å². The van der Waals surface area contributed by atoms with Crippen LogP contribution < -0.4 is 15.8 Å². The molecule has 0 saturated heterocycles. The molecule has 0 bridgehead atoms. The molecule has 2 aromatic carbocycles. The fraction of sp³-hybridized carbons (Fsp3) is 0.0714. The third kappa shape index (κ3) is 3.00. The van der Waals surface area contributed by atoms with Crippen LogP contribution in [-0.4, -0.2) is 12.1 Å². The van der Waals surface area contributed by atoms with Gasteiger partial charge in [-0.1, -0.05) is 29.9 Å². The van der Waals surface area contributed by atoms with Gasteiger partial charge in [0.15, 0.2) is 0 Å². The highest BCUT2D eigenvalue weighted by Gasteiger charge is 2.11. The van der Waals surface area contributed by atoms with Crippen LogP contribution in [0.25, 0.3) is 0 Å². The lowest BCUT2D eigenvalue weighted by Crippen LogP contribution is -2.14. The standard InChI is InChI=1S/C14H12ClFN2OS/c1-19-12-6-5-8(7-9(12)15)18-11-4-2-3-10(16)13(11)14(17)20/h2-7,18H,1H3,(H2,17,20). The van der Waals surface area contributed by atoms with E-state index in [2.05, 4.69) is 5.32 Å². The second kappa shape index (κ2) is 6.07. The van der Waals surface area contributed by atoms with Crippen molar-refractivity contribution in [2.45, 2.75) is 0 Å². The first-order chi connectivity index (χ1) is 9.52. The number of nitrogens with two attached hydrogens (primary N) is 1. The summed E-state index contributed by atoms with van der Waals surface area (Å²) in [6.45, 7) is 0. The van der Waals surface area contributed by atoms with Crippen LogP contribution in [0.15, 0.2) is 36.4 Å². The highest BCUT2D eigenvalue weighted by Crippen LogP contribution is 2.30. The molecule has 0 aliphatic carbocycles. The third-order valence-corrected chi connectivity index (χ3v) is 3.19. The van der Waals surface area contributed by atoms with Crippen LogP contribution >= 0.6 is 23.8 Å². The van der Waals surface area contributed by atoms with Crippen molar-refractivity contribution >= 4 is 40.2 Å². The first-order valence-electron chi connectivity index (χ1n) is 5.72. The maximum absolute atomic E-state index is 13.7. The topological polar surface area (TPSA) is 47.3 Å². The van der Waals surface area contributed by atoms with Crippen LogP contribution in [0.4, 0.5) is 15.8 Å². The highest BCUT2D eigenvalue weighted by molar-refractivity contribution is 7.80. The van der Waals surface area contributed by atoms with Gasteiger partial charge in [0.05, 0.1) is 23.4 Å². The van der Waals surface area contributed by atoms with Gasteiger partial charge in [-0.3, -0.25) is 0 Å². The van der Waals surface area contributed by atoms with E-state index in [0.717, 1.165) is 0 Å². The number of hydrogen-bond acceptors (Lipinski definition) is 3. The number of benzene rings is 2. The molecule has 0 aromatic heterocycles. The van der Waals surface area contributed by atoms with Crippen molar-refractivity contribution in [2.75, 3.05) is 12.4 Å². The molecule has 104 valence electrons. The van der Waals surface area contributed by atoms with Crippen LogP contribution in [0, 0.1) is 5.82 Å². The van der Waals surface area contributed by atoms with Crippen LogP contribution in [0.1, 0.15) is 5.56 Å². The van der Waals surface area contributed by atoms with Crippen LogP contribution in [0.3, 0.4) is 0 Å². The van der Waals surface area contributed by atoms with E-state index in [1.165, 1.54) is 13.2 Å². The number of hydrogen-bond donors (Lipinski definition) is 2. The van der Waals surface area contributed by atoms with E-state index in [9.17, 15) is 4.39 Å². The molecule has 20 heavy (non-hydrogen) atoms. The molecule has 0 atom stereocenters. The van der Waals surface area contributed by atoms with Crippen molar-refractivity contribution in [1.29, 1.82) is 0 Å². The van der Waals surface area contributed by atoms with Gasteiger partial charge in [0.25, 0.3) is 0 Å². The number of halogens is 2. The molecule has 3 nitrogen and oxygen atoms in total. The summed E-state index contributed by atoms with van der Waals surface area (Å²) in [5, 5.41) is 3.49. The molecule has 0 aliphatic rings. The monoisotopic (exact) mass is 310 g/mol. The number of rotatable bonds is 4. The summed E-state index contributed by atoms with van der Waals surface area (Å²) in [5.74, 6) is 0.0909. The first kappa shape index (κ1) is 14.6. The summed E-state index contributed by atoms with van der Waals surface area (Å²) in [6, 6.07) is 9.72. The van der Waals surface area contributed by atoms with E-state index in [-0.39, 0.29) is 10.6 Å². The van der Waals surface area contributed by atoms with Gasteiger partial charge in [-0.15, -0.1) is 0 Å². The van der Waals surface area contributed by atoms with E-state index in [4.69, 9.17) is 34.3 Å². The summed E-state index contributed by atoms with van der Waals surface area (Å²) < 4.78 is 18.8. The average Bonchev–Trinajstić information content (AvgIpc) is 2.38. The molecule has 0 saturated carbocycles. The predicted octanol–water partition coefficient (Wildman–Crippen LogP) is 3.87. The molecular weight excluding hydrogens is 299 g/mol. The summed E-state index contributed by atoms with van der Waals surface area (Å²) >= 11 is 10.9. The van der Waals surface area contributed by atoms with Crippen molar-refractivity contribution in [3.05, 3.63) is 52.8 Å². The van der Waals surface area contributed by atoms with E-state index < -0.39 is 5.82 Å². The Morgan fingerprint density at radius 3 is 2.70 bits per heavy atom. The smallest absolute Gasteiger partial charge is 0.137 e. The maximum Gasteiger partial charge on any atom is 0.137 e. The molecular formula is C14H12ClFN2OS. The molecule has 3 N–H and O–H groups in total. The molecule has 2 aromatic rings. The van der Waals surface area contributed by atoms with E-state index in [0.29, 0.717) is 22.1 Å². The average molecular weight is 311 g/mol. The van der Waals surface area contributed by atoms with Gasteiger partial charge in [0.1, 0.15) is 16.6 Å². The first-order valence-corrected chi connectivity index (χ1v) is 6.50. The zero-order valence-corrected chi connectivity index (χ0v) is 12.2. The van der Waals surface area contributed by atoms with Crippen LogP contribution in [0.2, 0.25) is 5.02 Å². The Kier molecular flexibility index (Phi) is 4.42. The summed E-state index contributed by atoms with van der Waals surface area (Å²) in [6.07, 6.45) is 0. The van der Waals surface area contributed by atoms with Crippen molar-refractivity contribution in [2.24, 2.45) is 5.73 Å². The Morgan fingerprint density at radius 2 is 2.10 bits per heavy atom. The molecule has 6 heteroatoms. The number of nitrogens with one attached hydrogen (secondary N) is 1. The van der Waals surface area contributed by atoms with E-state index in [1.54, 1.807) is 30.3 Å². The Morgan fingerprint density at radius 1 is 1.35 bits per heavy atom. The van der Waals surface area contributed by atoms with Crippen molar-refractivity contribution in [3.63, 3.8) is 0 Å². The Bertz CT molecular complexity index is 664. The van der Waals surface area contributed by atoms with Crippen molar-refractivity contribution in [3.8, 4) is 5.75 Å². The molecule has 0 aliphatic heterocycles.